The smallest absolute Gasteiger partial charge is 0.226 e. The summed E-state index contributed by atoms with van der Waals surface area (Å²) in [5, 5.41) is 0. The molecule has 2 aromatic heterocycles. The summed E-state index contributed by atoms with van der Waals surface area (Å²) in [6.07, 6.45) is 4.88. The van der Waals surface area contributed by atoms with E-state index in [9.17, 15) is 4.79 Å². The molecule has 0 unspecified atom stereocenters. The molecule has 0 atom stereocenters. The number of likely N-dealkylation sites (N-methyl/N-ethyl adjacent to an activating group) is 1. The first kappa shape index (κ1) is 14.3. The molecule has 1 amide bonds. The van der Waals surface area contributed by atoms with Crippen molar-refractivity contribution in [1.82, 2.24) is 14.9 Å². The molecule has 20 heavy (non-hydrogen) atoms. The summed E-state index contributed by atoms with van der Waals surface area (Å²) in [4.78, 5) is 21.2. The lowest BCUT2D eigenvalue weighted by Gasteiger charge is -2.17. The molecule has 1 N–H and O–H groups in total. The number of nitrogens with one attached hydrogen (secondary N) is 1. The highest BCUT2D eigenvalue weighted by atomic mass is 16.2. The molecule has 4 heteroatoms. The Kier molecular flexibility index (Phi) is 4.56. The maximum Gasteiger partial charge on any atom is 0.226 e. The Morgan fingerprint density at radius 1 is 1.30 bits per heavy atom. The Morgan fingerprint density at radius 3 is 2.60 bits per heavy atom. The highest BCUT2D eigenvalue weighted by molar-refractivity contribution is 5.78. The molecule has 2 rings (SSSR count). The number of carbonyl (C=O) groups excluding carboxylic acids is 1. The van der Waals surface area contributed by atoms with Crippen LogP contribution in [0.4, 0.5) is 0 Å². The Bertz CT molecular complexity index is 575. The Morgan fingerprint density at radius 2 is 2.00 bits per heavy atom. The van der Waals surface area contributed by atoms with E-state index < -0.39 is 0 Å². The van der Waals surface area contributed by atoms with Crippen molar-refractivity contribution in [2.45, 2.75) is 26.7 Å². The van der Waals surface area contributed by atoms with Gasteiger partial charge in [-0.2, -0.15) is 0 Å². The molecule has 2 aromatic rings. The van der Waals surface area contributed by atoms with E-state index in [4.69, 9.17) is 0 Å². The molecular formula is C16H21N3O. The van der Waals surface area contributed by atoms with E-state index in [1.807, 2.05) is 39.1 Å². The lowest BCUT2D eigenvalue weighted by atomic mass is 10.1. The van der Waals surface area contributed by atoms with Crippen LogP contribution in [-0.4, -0.2) is 34.4 Å². The van der Waals surface area contributed by atoms with Gasteiger partial charge >= 0.3 is 0 Å². The van der Waals surface area contributed by atoms with Gasteiger partial charge in [0.25, 0.3) is 0 Å². The summed E-state index contributed by atoms with van der Waals surface area (Å²) >= 11 is 0. The fourth-order valence-corrected chi connectivity index (χ4v) is 2.23. The standard InChI is InChI=1S/C16H21N3O/c1-12-10-15(13(2)18-12)11-16(20)19(3)9-6-14-4-7-17-8-5-14/h4-5,7-8,10,18H,6,9,11H2,1-3H3. The Labute approximate surface area is 119 Å². The van der Waals surface area contributed by atoms with Crippen LogP contribution in [0.1, 0.15) is 22.5 Å². The normalized spacial score (nSPS) is 10.6. The molecule has 4 nitrogen and oxygen atoms in total. The number of amides is 1. The molecule has 0 radical (unpaired) electrons. The molecule has 0 aromatic carbocycles. The molecule has 0 aliphatic rings. The third kappa shape index (κ3) is 3.70. The molecule has 0 saturated heterocycles. The van der Waals surface area contributed by atoms with Crippen LogP contribution in [0.15, 0.2) is 30.6 Å². The SMILES string of the molecule is Cc1cc(CC(=O)N(C)CCc2ccncc2)c(C)[nH]1. The fourth-order valence-electron chi connectivity index (χ4n) is 2.23. The number of pyridine rings is 1. The van der Waals surface area contributed by atoms with Gasteiger partial charge in [0.15, 0.2) is 0 Å². The summed E-state index contributed by atoms with van der Waals surface area (Å²) < 4.78 is 0. The van der Waals surface area contributed by atoms with Crippen molar-refractivity contribution in [3.05, 3.63) is 53.1 Å². The van der Waals surface area contributed by atoms with Crippen LogP contribution in [0, 0.1) is 13.8 Å². The summed E-state index contributed by atoms with van der Waals surface area (Å²) in [6, 6.07) is 6.01. The van der Waals surface area contributed by atoms with Gasteiger partial charge < -0.3 is 9.88 Å². The van der Waals surface area contributed by atoms with Crippen LogP contribution in [0.3, 0.4) is 0 Å². The van der Waals surface area contributed by atoms with E-state index >= 15 is 0 Å². The van der Waals surface area contributed by atoms with Crippen LogP contribution < -0.4 is 0 Å². The molecule has 0 aliphatic heterocycles. The van der Waals surface area contributed by atoms with Crippen molar-refractivity contribution in [1.29, 1.82) is 0 Å². The van der Waals surface area contributed by atoms with E-state index in [-0.39, 0.29) is 5.91 Å². The van der Waals surface area contributed by atoms with Gasteiger partial charge in [-0.25, -0.2) is 0 Å². The van der Waals surface area contributed by atoms with Gasteiger partial charge in [-0.1, -0.05) is 0 Å². The minimum atomic E-state index is 0.154. The van der Waals surface area contributed by atoms with Crippen molar-refractivity contribution in [2.24, 2.45) is 0 Å². The summed E-state index contributed by atoms with van der Waals surface area (Å²) in [5.41, 5.74) is 4.47. The monoisotopic (exact) mass is 271 g/mol. The van der Waals surface area contributed by atoms with Gasteiger partial charge in [0.2, 0.25) is 5.91 Å². The van der Waals surface area contributed by atoms with Crippen LogP contribution in [0.2, 0.25) is 0 Å². The largest absolute Gasteiger partial charge is 0.362 e. The molecular weight excluding hydrogens is 250 g/mol. The number of carbonyl (C=O) groups is 1. The van der Waals surface area contributed by atoms with Crippen LogP contribution >= 0.6 is 0 Å². The van der Waals surface area contributed by atoms with Crippen molar-refractivity contribution >= 4 is 5.91 Å². The van der Waals surface area contributed by atoms with Crippen LogP contribution in [0.25, 0.3) is 0 Å². The highest BCUT2D eigenvalue weighted by Crippen LogP contribution is 2.11. The molecule has 0 bridgehead atoms. The lowest BCUT2D eigenvalue weighted by Crippen LogP contribution is -2.30. The number of nitrogens with zero attached hydrogens (tertiary/aromatic N) is 2. The number of aromatic nitrogens is 2. The maximum absolute atomic E-state index is 12.2. The molecule has 0 saturated carbocycles. The zero-order chi connectivity index (χ0) is 14.5. The number of rotatable bonds is 5. The van der Waals surface area contributed by atoms with E-state index in [0.29, 0.717) is 6.42 Å². The van der Waals surface area contributed by atoms with Crippen LogP contribution in [-0.2, 0) is 17.6 Å². The van der Waals surface area contributed by atoms with E-state index in [1.165, 1.54) is 5.56 Å². The molecule has 106 valence electrons. The minimum Gasteiger partial charge on any atom is -0.362 e. The topological polar surface area (TPSA) is 49.0 Å². The van der Waals surface area contributed by atoms with Crippen molar-refractivity contribution < 1.29 is 4.79 Å². The van der Waals surface area contributed by atoms with Crippen molar-refractivity contribution in [2.75, 3.05) is 13.6 Å². The number of H-pyrrole nitrogens is 1. The van der Waals surface area contributed by atoms with Crippen molar-refractivity contribution in [3.8, 4) is 0 Å². The predicted molar refractivity (Wildman–Crippen MR) is 79.5 cm³/mol. The minimum absolute atomic E-state index is 0.154. The highest BCUT2D eigenvalue weighted by Gasteiger charge is 2.12. The molecule has 2 heterocycles. The summed E-state index contributed by atoms with van der Waals surface area (Å²) in [7, 11) is 1.86. The average Bonchev–Trinajstić information content (AvgIpc) is 2.75. The second-order valence-corrected chi connectivity index (χ2v) is 5.20. The van der Waals surface area contributed by atoms with Gasteiger partial charge in [-0.3, -0.25) is 9.78 Å². The molecule has 0 aliphatic carbocycles. The third-order valence-corrected chi connectivity index (χ3v) is 3.51. The van der Waals surface area contributed by atoms with E-state index in [2.05, 4.69) is 9.97 Å². The van der Waals surface area contributed by atoms with Gasteiger partial charge in [0, 0.05) is 37.4 Å². The van der Waals surface area contributed by atoms with Gasteiger partial charge in [-0.05, 0) is 49.6 Å². The molecule has 0 fully saturated rings. The third-order valence-electron chi connectivity index (χ3n) is 3.51. The first-order valence-electron chi connectivity index (χ1n) is 6.84. The quantitative estimate of drug-likeness (QED) is 0.907. The number of aromatic amines is 1. The van der Waals surface area contributed by atoms with Gasteiger partial charge in [0.1, 0.15) is 0 Å². The maximum atomic E-state index is 12.2. The molecule has 0 spiro atoms. The summed E-state index contributed by atoms with van der Waals surface area (Å²) in [5.74, 6) is 0.154. The zero-order valence-electron chi connectivity index (χ0n) is 12.3. The fraction of sp³-hybridized carbons (Fsp3) is 0.375. The van der Waals surface area contributed by atoms with E-state index in [1.54, 1.807) is 17.3 Å². The summed E-state index contributed by atoms with van der Waals surface area (Å²) in [6.45, 7) is 4.74. The van der Waals surface area contributed by atoms with E-state index in [0.717, 1.165) is 29.9 Å². The van der Waals surface area contributed by atoms with Gasteiger partial charge in [-0.15, -0.1) is 0 Å². The van der Waals surface area contributed by atoms with Crippen molar-refractivity contribution in [3.63, 3.8) is 0 Å². The Hall–Kier alpha value is -2.10. The zero-order valence-corrected chi connectivity index (χ0v) is 12.3. The predicted octanol–water partition coefficient (Wildman–Crippen LogP) is 2.27. The number of hydrogen-bond donors (Lipinski definition) is 1. The number of hydrogen-bond acceptors (Lipinski definition) is 2. The van der Waals surface area contributed by atoms with Crippen LogP contribution in [0.5, 0.6) is 0 Å². The second kappa shape index (κ2) is 6.37. The first-order chi connectivity index (χ1) is 9.56. The lowest BCUT2D eigenvalue weighted by molar-refractivity contribution is -0.129. The number of aryl methyl sites for hydroxylation is 2. The van der Waals surface area contributed by atoms with Gasteiger partial charge in [0.05, 0.1) is 6.42 Å². The average molecular weight is 271 g/mol. The first-order valence-corrected chi connectivity index (χ1v) is 6.84. The Balaban J connectivity index is 1.87. The second-order valence-electron chi connectivity index (χ2n) is 5.20.